The molecule has 1 aromatic carbocycles. The van der Waals surface area contributed by atoms with E-state index in [1.54, 1.807) is 6.20 Å². The molecule has 6 heteroatoms. The number of carbonyl (C=O) groups is 1. The number of nitrogens with one attached hydrogen (secondary N) is 1. The van der Waals surface area contributed by atoms with Gasteiger partial charge in [-0.2, -0.15) is 5.10 Å². The first-order chi connectivity index (χ1) is 10.2. The van der Waals surface area contributed by atoms with Crippen LogP contribution in [0.3, 0.4) is 0 Å². The number of amides is 1. The zero-order valence-electron chi connectivity index (χ0n) is 11.8. The lowest BCUT2D eigenvalue weighted by Crippen LogP contribution is -2.13. The number of anilines is 1. The maximum absolute atomic E-state index is 11.6. The summed E-state index contributed by atoms with van der Waals surface area (Å²) in [5.74, 6) is 0.00888. The first-order valence-electron chi connectivity index (χ1n) is 6.94. The number of nitrogens with two attached hydrogens (primary N) is 1. The van der Waals surface area contributed by atoms with Crippen molar-refractivity contribution in [3.05, 3.63) is 46.7 Å². The number of hydrogen-bond acceptors (Lipinski definition) is 3. The third-order valence-electron chi connectivity index (χ3n) is 3.08. The van der Waals surface area contributed by atoms with Gasteiger partial charge >= 0.3 is 0 Å². The van der Waals surface area contributed by atoms with Crippen LogP contribution in [0.4, 0.5) is 5.69 Å². The van der Waals surface area contributed by atoms with Gasteiger partial charge in [0, 0.05) is 24.8 Å². The highest BCUT2D eigenvalue weighted by Gasteiger charge is 2.02. The van der Waals surface area contributed by atoms with Crippen LogP contribution >= 0.6 is 15.9 Å². The molecule has 3 N–H and O–H groups in total. The molecule has 0 radical (unpaired) electrons. The van der Waals surface area contributed by atoms with Gasteiger partial charge in [-0.25, -0.2) is 0 Å². The normalized spacial score (nSPS) is 10.6. The van der Waals surface area contributed by atoms with E-state index in [-0.39, 0.29) is 5.91 Å². The predicted molar refractivity (Wildman–Crippen MR) is 87.0 cm³/mol. The van der Waals surface area contributed by atoms with E-state index in [0.717, 1.165) is 23.1 Å². The maximum Gasteiger partial charge on any atom is 0.224 e. The molecule has 112 valence electrons. The average molecular weight is 351 g/mol. The lowest BCUT2D eigenvalue weighted by molar-refractivity contribution is -0.116. The summed E-state index contributed by atoms with van der Waals surface area (Å²) in [7, 11) is 0. The van der Waals surface area contributed by atoms with Gasteiger partial charge in [0.1, 0.15) is 0 Å². The van der Waals surface area contributed by atoms with Gasteiger partial charge in [0.05, 0.1) is 10.7 Å². The molecule has 0 aliphatic carbocycles. The largest absolute Gasteiger partial charge is 0.330 e. The Balaban J connectivity index is 1.82. The number of hydrogen-bond donors (Lipinski definition) is 2. The second-order valence-electron chi connectivity index (χ2n) is 4.81. The Morgan fingerprint density at radius 2 is 2.10 bits per heavy atom. The Hall–Kier alpha value is -1.66. The topological polar surface area (TPSA) is 72.9 Å². The van der Waals surface area contributed by atoms with E-state index in [9.17, 15) is 4.79 Å². The van der Waals surface area contributed by atoms with Crippen molar-refractivity contribution in [2.75, 3.05) is 11.9 Å². The van der Waals surface area contributed by atoms with Crippen LogP contribution in [0.1, 0.15) is 18.4 Å². The van der Waals surface area contributed by atoms with E-state index in [0.29, 0.717) is 19.4 Å². The van der Waals surface area contributed by atoms with Crippen molar-refractivity contribution in [3.8, 4) is 0 Å². The number of benzene rings is 1. The Bertz CT molecular complexity index is 580. The molecule has 0 aliphatic rings. The van der Waals surface area contributed by atoms with Crippen LogP contribution in [-0.2, 0) is 17.8 Å². The van der Waals surface area contributed by atoms with Crippen molar-refractivity contribution >= 4 is 27.5 Å². The molecule has 0 bridgehead atoms. The van der Waals surface area contributed by atoms with Crippen molar-refractivity contribution in [1.29, 1.82) is 0 Å². The van der Waals surface area contributed by atoms with E-state index in [1.165, 1.54) is 5.56 Å². The fourth-order valence-electron chi connectivity index (χ4n) is 1.95. The van der Waals surface area contributed by atoms with E-state index in [2.05, 4.69) is 26.3 Å². The molecule has 0 saturated heterocycles. The molecule has 0 aliphatic heterocycles. The van der Waals surface area contributed by atoms with Crippen molar-refractivity contribution in [2.45, 2.75) is 25.8 Å². The zero-order chi connectivity index (χ0) is 15.1. The molecule has 5 nitrogen and oxygen atoms in total. The number of aryl methyl sites for hydroxylation is 2. The van der Waals surface area contributed by atoms with Crippen molar-refractivity contribution in [2.24, 2.45) is 5.73 Å². The Morgan fingerprint density at radius 3 is 2.71 bits per heavy atom. The molecule has 0 atom stereocenters. The van der Waals surface area contributed by atoms with Gasteiger partial charge < -0.3 is 11.1 Å². The second kappa shape index (κ2) is 7.95. The molecular formula is C15H19BrN4O. The molecule has 2 aromatic rings. The molecule has 1 aromatic heterocycles. The molecule has 2 rings (SSSR count). The highest BCUT2D eigenvalue weighted by atomic mass is 79.9. The molecule has 0 fully saturated rings. The summed E-state index contributed by atoms with van der Waals surface area (Å²) in [5, 5.41) is 7.08. The third-order valence-corrected chi connectivity index (χ3v) is 3.49. The summed E-state index contributed by atoms with van der Waals surface area (Å²) in [5.41, 5.74) is 7.41. The number of halogens is 1. The summed E-state index contributed by atoms with van der Waals surface area (Å²) in [6.45, 7) is 1.36. The van der Waals surface area contributed by atoms with Crippen LogP contribution in [0.15, 0.2) is 41.1 Å². The Labute approximate surface area is 132 Å². The number of aromatic nitrogens is 2. The van der Waals surface area contributed by atoms with Gasteiger partial charge in [-0.05, 0) is 53.0 Å². The predicted octanol–water partition coefficient (Wildman–Crippen LogP) is 2.57. The average Bonchev–Trinajstić information content (AvgIpc) is 2.90. The van der Waals surface area contributed by atoms with Gasteiger partial charge in [0.2, 0.25) is 5.91 Å². The minimum Gasteiger partial charge on any atom is -0.330 e. The summed E-state index contributed by atoms with van der Waals surface area (Å²) in [6.07, 6.45) is 5.80. The number of carbonyl (C=O) groups excluding carboxylic acids is 1. The van der Waals surface area contributed by atoms with Crippen molar-refractivity contribution < 1.29 is 4.79 Å². The summed E-state index contributed by atoms with van der Waals surface area (Å²) in [6, 6.07) is 7.90. The van der Waals surface area contributed by atoms with E-state index in [1.807, 2.05) is 35.1 Å². The Morgan fingerprint density at radius 1 is 1.33 bits per heavy atom. The third kappa shape index (κ3) is 5.32. The van der Waals surface area contributed by atoms with Gasteiger partial charge in [-0.1, -0.05) is 12.1 Å². The fraction of sp³-hybridized carbons (Fsp3) is 0.333. The van der Waals surface area contributed by atoms with Crippen LogP contribution < -0.4 is 11.1 Å². The molecule has 0 saturated carbocycles. The monoisotopic (exact) mass is 350 g/mol. The molecule has 21 heavy (non-hydrogen) atoms. The highest BCUT2D eigenvalue weighted by molar-refractivity contribution is 9.10. The van der Waals surface area contributed by atoms with Crippen molar-refractivity contribution in [1.82, 2.24) is 9.78 Å². The second-order valence-corrected chi connectivity index (χ2v) is 5.72. The van der Waals surface area contributed by atoms with Crippen LogP contribution in [0.2, 0.25) is 0 Å². The first-order valence-corrected chi connectivity index (χ1v) is 7.73. The molecule has 1 heterocycles. The standard InChI is InChI=1S/C15H19BrN4O/c16-13-10-18-20(11-13)9-7-12-3-5-14(6-4-12)19-15(21)2-1-8-17/h3-6,10-11H,1-2,7-9,17H2,(H,19,21). The zero-order valence-corrected chi connectivity index (χ0v) is 13.3. The van der Waals surface area contributed by atoms with Crippen LogP contribution in [0.25, 0.3) is 0 Å². The molecule has 1 amide bonds. The lowest BCUT2D eigenvalue weighted by atomic mass is 10.1. The van der Waals surface area contributed by atoms with Crippen LogP contribution in [-0.4, -0.2) is 22.2 Å². The minimum absolute atomic E-state index is 0.00888. The smallest absolute Gasteiger partial charge is 0.224 e. The van der Waals surface area contributed by atoms with E-state index >= 15 is 0 Å². The van der Waals surface area contributed by atoms with E-state index < -0.39 is 0 Å². The quantitative estimate of drug-likeness (QED) is 0.805. The molecule has 0 unspecified atom stereocenters. The Kier molecular flexibility index (Phi) is 5.95. The van der Waals surface area contributed by atoms with E-state index in [4.69, 9.17) is 5.73 Å². The van der Waals surface area contributed by atoms with Crippen LogP contribution in [0, 0.1) is 0 Å². The summed E-state index contributed by atoms with van der Waals surface area (Å²) >= 11 is 3.38. The summed E-state index contributed by atoms with van der Waals surface area (Å²) in [4.78, 5) is 11.6. The van der Waals surface area contributed by atoms with Gasteiger partial charge in [-0.3, -0.25) is 9.48 Å². The molecule has 0 spiro atoms. The minimum atomic E-state index is 0.00888. The van der Waals surface area contributed by atoms with Crippen LogP contribution in [0.5, 0.6) is 0 Å². The number of nitrogens with zero attached hydrogens (tertiary/aromatic N) is 2. The SMILES string of the molecule is NCCCC(=O)Nc1ccc(CCn2cc(Br)cn2)cc1. The molecular weight excluding hydrogens is 332 g/mol. The summed E-state index contributed by atoms with van der Waals surface area (Å²) < 4.78 is 2.88. The van der Waals surface area contributed by atoms with Gasteiger partial charge in [0.15, 0.2) is 0 Å². The number of rotatable bonds is 7. The lowest BCUT2D eigenvalue weighted by Gasteiger charge is -2.06. The van der Waals surface area contributed by atoms with Gasteiger partial charge in [-0.15, -0.1) is 0 Å². The highest BCUT2D eigenvalue weighted by Crippen LogP contribution is 2.12. The fourth-order valence-corrected chi connectivity index (χ4v) is 2.27. The van der Waals surface area contributed by atoms with Gasteiger partial charge in [0.25, 0.3) is 0 Å². The first kappa shape index (κ1) is 15.7. The maximum atomic E-state index is 11.6. The van der Waals surface area contributed by atoms with Crippen molar-refractivity contribution in [3.63, 3.8) is 0 Å².